The Balaban J connectivity index is 1.83. The standard InChI is InChI=1S/C18H18N4O2/c1-2-22(12-13-6-9-19-10-7-13)18(24)21-16-5-3-4-15-14(16)8-11-20-17(15)23/h3-11H,2,12H2,1H3,(H,20,23)(H,21,24). The van der Waals surface area contributed by atoms with Gasteiger partial charge in [-0.15, -0.1) is 0 Å². The van der Waals surface area contributed by atoms with Crippen LogP contribution in [0.25, 0.3) is 10.8 Å². The van der Waals surface area contributed by atoms with E-state index in [1.807, 2.05) is 19.1 Å². The highest BCUT2D eigenvalue weighted by atomic mass is 16.2. The van der Waals surface area contributed by atoms with Crippen molar-refractivity contribution >= 4 is 22.5 Å². The molecular formula is C18H18N4O2. The van der Waals surface area contributed by atoms with Crippen molar-refractivity contribution in [1.29, 1.82) is 0 Å². The van der Waals surface area contributed by atoms with Crippen LogP contribution in [0.15, 0.2) is 59.8 Å². The highest BCUT2D eigenvalue weighted by Gasteiger charge is 2.14. The zero-order valence-corrected chi connectivity index (χ0v) is 13.3. The third-order valence-electron chi connectivity index (χ3n) is 3.85. The number of aromatic nitrogens is 2. The highest BCUT2D eigenvalue weighted by Crippen LogP contribution is 2.20. The maximum absolute atomic E-state index is 12.6. The fraction of sp³-hybridized carbons (Fsp3) is 0.167. The number of amides is 2. The van der Waals surface area contributed by atoms with Crippen LogP contribution in [0.4, 0.5) is 10.5 Å². The van der Waals surface area contributed by atoms with E-state index in [1.54, 1.807) is 47.8 Å². The van der Waals surface area contributed by atoms with E-state index in [2.05, 4.69) is 15.3 Å². The summed E-state index contributed by atoms with van der Waals surface area (Å²) in [4.78, 5) is 32.8. The van der Waals surface area contributed by atoms with Gasteiger partial charge in [-0.05, 0) is 42.8 Å². The average Bonchev–Trinajstić information content (AvgIpc) is 2.61. The number of nitrogens with one attached hydrogen (secondary N) is 2. The number of pyridine rings is 2. The van der Waals surface area contributed by atoms with Gasteiger partial charge in [0.25, 0.3) is 5.56 Å². The van der Waals surface area contributed by atoms with E-state index in [-0.39, 0.29) is 11.6 Å². The maximum atomic E-state index is 12.6. The number of hydrogen-bond donors (Lipinski definition) is 2. The molecule has 0 bridgehead atoms. The van der Waals surface area contributed by atoms with Gasteiger partial charge in [0, 0.05) is 42.5 Å². The van der Waals surface area contributed by atoms with Crippen molar-refractivity contribution in [1.82, 2.24) is 14.9 Å². The molecule has 0 aliphatic carbocycles. The van der Waals surface area contributed by atoms with E-state index in [0.717, 1.165) is 10.9 Å². The van der Waals surface area contributed by atoms with E-state index in [4.69, 9.17) is 0 Å². The second kappa shape index (κ2) is 6.95. The lowest BCUT2D eigenvalue weighted by molar-refractivity contribution is 0.212. The molecule has 122 valence electrons. The minimum atomic E-state index is -0.206. The minimum Gasteiger partial charge on any atom is -0.329 e. The largest absolute Gasteiger partial charge is 0.329 e. The molecule has 0 atom stereocenters. The van der Waals surface area contributed by atoms with Gasteiger partial charge in [-0.2, -0.15) is 0 Å². The summed E-state index contributed by atoms with van der Waals surface area (Å²) in [6, 6.07) is 10.6. The summed E-state index contributed by atoms with van der Waals surface area (Å²) in [5.41, 5.74) is 1.46. The Hall–Kier alpha value is -3.15. The van der Waals surface area contributed by atoms with Crippen molar-refractivity contribution in [2.24, 2.45) is 0 Å². The fourth-order valence-corrected chi connectivity index (χ4v) is 2.56. The quantitative estimate of drug-likeness (QED) is 0.775. The SMILES string of the molecule is CCN(Cc1ccncc1)C(=O)Nc1cccc2c(=O)[nH]ccc12. The monoisotopic (exact) mass is 322 g/mol. The lowest BCUT2D eigenvalue weighted by atomic mass is 10.1. The van der Waals surface area contributed by atoms with Gasteiger partial charge in [0.15, 0.2) is 0 Å². The molecule has 6 nitrogen and oxygen atoms in total. The molecule has 0 spiro atoms. The summed E-state index contributed by atoms with van der Waals surface area (Å²) in [5, 5.41) is 4.17. The van der Waals surface area contributed by atoms with Crippen molar-refractivity contribution < 1.29 is 4.79 Å². The summed E-state index contributed by atoms with van der Waals surface area (Å²) in [5.74, 6) is 0. The van der Waals surface area contributed by atoms with E-state index in [1.165, 1.54) is 0 Å². The highest BCUT2D eigenvalue weighted by molar-refractivity contribution is 6.01. The van der Waals surface area contributed by atoms with Crippen LogP contribution in [0.5, 0.6) is 0 Å². The number of hydrogen-bond acceptors (Lipinski definition) is 3. The van der Waals surface area contributed by atoms with Crippen LogP contribution in [-0.2, 0) is 6.54 Å². The molecule has 1 aromatic carbocycles. The van der Waals surface area contributed by atoms with Gasteiger partial charge in [0.1, 0.15) is 0 Å². The number of carbonyl (C=O) groups excluding carboxylic acids is 1. The summed E-state index contributed by atoms with van der Waals surface area (Å²) >= 11 is 0. The number of anilines is 1. The number of nitrogens with zero attached hydrogens (tertiary/aromatic N) is 2. The van der Waals surface area contributed by atoms with Crippen LogP contribution in [0.3, 0.4) is 0 Å². The molecule has 0 unspecified atom stereocenters. The second-order valence-corrected chi connectivity index (χ2v) is 5.37. The molecule has 3 rings (SSSR count). The number of rotatable bonds is 4. The Morgan fingerprint density at radius 1 is 1.17 bits per heavy atom. The maximum Gasteiger partial charge on any atom is 0.322 e. The lowest BCUT2D eigenvalue weighted by Crippen LogP contribution is -2.34. The van der Waals surface area contributed by atoms with Gasteiger partial charge < -0.3 is 15.2 Å². The average molecular weight is 322 g/mol. The minimum absolute atomic E-state index is 0.173. The molecule has 0 fully saturated rings. The molecule has 24 heavy (non-hydrogen) atoms. The Kier molecular flexibility index (Phi) is 4.56. The van der Waals surface area contributed by atoms with Crippen molar-refractivity contribution in [3.05, 3.63) is 70.9 Å². The summed E-state index contributed by atoms with van der Waals surface area (Å²) in [6.45, 7) is 2.99. The molecule has 0 aliphatic heterocycles. The zero-order valence-electron chi connectivity index (χ0n) is 13.3. The zero-order chi connectivity index (χ0) is 16.9. The number of H-pyrrole nitrogens is 1. The third-order valence-corrected chi connectivity index (χ3v) is 3.85. The Morgan fingerprint density at radius 3 is 2.71 bits per heavy atom. The van der Waals surface area contributed by atoms with Crippen molar-refractivity contribution in [3.8, 4) is 0 Å². The topological polar surface area (TPSA) is 78.1 Å². The molecule has 0 saturated heterocycles. The van der Waals surface area contributed by atoms with E-state index < -0.39 is 0 Å². The Labute approximate surface area is 139 Å². The van der Waals surface area contributed by atoms with Crippen molar-refractivity contribution in [2.45, 2.75) is 13.5 Å². The number of aromatic amines is 1. The van der Waals surface area contributed by atoms with Crippen LogP contribution >= 0.6 is 0 Å². The van der Waals surface area contributed by atoms with Gasteiger partial charge in [0.2, 0.25) is 0 Å². The van der Waals surface area contributed by atoms with Gasteiger partial charge in [0.05, 0.1) is 5.69 Å². The van der Waals surface area contributed by atoms with Gasteiger partial charge in [-0.25, -0.2) is 4.79 Å². The predicted molar refractivity (Wildman–Crippen MR) is 93.9 cm³/mol. The number of fused-ring (bicyclic) bond motifs is 1. The van der Waals surface area contributed by atoms with E-state index >= 15 is 0 Å². The molecule has 2 N–H and O–H groups in total. The first kappa shape index (κ1) is 15.7. The third kappa shape index (κ3) is 3.27. The molecule has 0 radical (unpaired) electrons. The van der Waals surface area contributed by atoms with Gasteiger partial charge in [-0.1, -0.05) is 6.07 Å². The van der Waals surface area contributed by atoms with Crippen molar-refractivity contribution in [3.63, 3.8) is 0 Å². The molecule has 0 aliphatic rings. The van der Waals surface area contributed by atoms with Gasteiger partial charge in [-0.3, -0.25) is 9.78 Å². The molecule has 2 amide bonds. The number of benzene rings is 1. The van der Waals surface area contributed by atoms with Crippen LogP contribution in [-0.4, -0.2) is 27.4 Å². The van der Waals surface area contributed by atoms with Crippen LogP contribution in [0.1, 0.15) is 12.5 Å². The molecular weight excluding hydrogens is 304 g/mol. The first-order valence-electron chi connectivity index (χ1n) is 7.74. The van der Waals surface area contributed by atoms with E-state index in [9.17, 15) is 9.59 Å². The molecule has 3 aromatic rings. The Bertz CT molecular complexity index is 906. The van der Waals surface area contributed by atoms with Crippen molar-refractivity contribution in [2.75, 3.05) is 11.9 Å². The predicted octanol–water partition coefficient (Wildman–Crippen LogP) is 2.98. The number of urea groups is 1. The first-order chi connectivity index (χ1) is 11.7. The first-order valence-corrected chi connectivity index (χ1v) is 7.74. The summed E-state index contributed by atoms with van der Waals surface area (Å²) in [7, 11) is 0. The lowest BCUT2D eigenvalue weighted by Gasteiger charge is -2.22. The fourth-order valence-electron chi connectivity index (χ4n) is 2.56. The Morgan fingerprint density at radius 2 is 1.96 bits per heavy atom. The summed E-state index contributed by atoms with van der Waals surface area (Å²) in [6.07, 6.45) is 4.99. The number of carbonyl (C=O) groups is 1. The molecule has 2 aromatic heterocycles. The second-order valence-electron chi connectivity index (χ2n) is 5.37. The molecule has 0 saturated carbocycles. The van der Waals surface area contributed by atoms with Crippen LogP contribution < -0.4 is 10.9 Å². The normalized spacial score (nSPS) is 10.5. The van der Waals surface area contributed by atoms with E-state index in [0.29, 0.717) is 24.2 Å². The summed E-state index contributed by atoms with van der Waals surface area (Å²) < 4.78 is 0. The smallest absolute Gasteiger partial charge is 0.322 e. The van der Waals surface area contributed by atoms with Crippen LogP contribution in [0, 0.1) is 0 Å². The molecule has 6 heteroatoms. The van der Waals surface area contributed by atoms with Gasteiger partial charge >= 0.3 is 6.03 Å². The molecule has 2 heterocycles. The van der Waals surface area contributed by atoms with Crippen LogP contribution in [0.2, 0.25) is 0 Å².